The van der Waals surface area contributed by atoms with Gasteiger partial charge in [0.25, 0.3) is 0 Å². The summed E-state index contributed by atoms with van der Waals surface area (Å²) >= 11 is 0. The Balaban J connectivity index is 1.18. The van der Waals surface area contributed by atoms with Gasteiger partial charge < -0.3 is 15.2 Å². The van der Waals surface area contributed by atoms with Crippen LogP contribution in [0, 0.1) is 19.8 Å². The van der Waals surface area contributed by atoms with Crippen molar-refractivity contribution in [3.63, 3.8) is 0 Å². The predicted molar refractivity (Wildman–Crippen MR) is 129 cm³/mol. The topological polar surface area (TPSA) is 91.7 Å². The Morgan fingerprint density at radius 3 is 2.76 bits per heavy atom. The molecule has 1 fully saturated rings. The minimum atomic E-state index is -0.0424. The smallest absolute Gasteiger partial charge is 0.224 e. The van der Waals surface area contributed by atoms with Gasteiger partial charge >= 0.3 is 0 Å². The van der Waals surface area contributed by atoms with Crippen molar-refractivity contribution < 1.29 is 4.79 Å². The maximum absolute atomic E-state index is 12.9. The number of carbonyl (C=O) groups excluding carboxylic acids is 1. The number of benzene rings is 1. The highest BCUT2D eigenvalue weighted by Gasteiger charge is 2.26. The molecule has 1 aliphatic rings. The predicted octanol–water partition coefficient (Wildman–Crippen LogP) is 3.34. The molecule has 170 valence electrons. The number of fused-ring (bicyclic) bond motifs is 1. The molecule has 1 unspecified atom stereocenters. The lowest BCUT2D eigenvalue weighted by atomic mass is 9.97. The largest absolute Gasteiger partial charge is 0.361 e. The Hall–Kier alpha value is -3.68. The summed E-state index contributed by atoms with van der Waals surface area (Å²) in [6.45, 7) is 6.14. The van der Waals surface area contributed by atoms with Gasteiger partial charge in [-0.15, -0.1) is 10.2 Å². The van der Waals surface area contributed by atoms with Crippen molar-refractivity contribution in [3.8, 4) is 5.82 Å². The first-order valence-electron chi connectivity index (χ1n) is 11.5. The number of H-pyrrole nitrogens is 1. The second kappa shape index (κ2) is 9.05. The zero-order valence-electron chi connectivity index (χ0n) is 19.1. The number of piperidine rings is 1. The van der Waals surface area contributed by atoms with Crippen molar-refractivity contribution in [1.29, 1.82) is 0 Å². The summed E-state index contributed by atoms with van der Waals surface area (Å²) in [5, 5.41) is 17.6. The fourth-order valence-electron chi connectivity index (χ4n) is 4.66. The molecule has 0 spiro atoms. The minimum absolute atomic E-state index is 0.0424. The molecule has 1 aliphatic heterocycles. The van der Waals surface area contributed by atoms with Crippen molar-refractivity contribution >= 4 is 22.6 Å². The van der Waals surface area contributed by atoms with E-state index in [0.717, 1.165) is 48.5 Å². The molecule has 0 radical (unpaired) electrons. The third-order valence-electron chi connectivity index (χ3n) is 6.35. The molecular formula is C25H29N7O. The van der Waals surface area contributed by atoms with E-state index in [4.69, 9.17) is 0 Å². The molecule has 1 amide bonds. The molecule has 3 aromatic heterocycles. The number of rotatable bonds is 6. The zero-order chi connectivity index (χ0) is 22.8. The van der Waals surface area contributed by atoms with E-state index in [0.29, 0.717) is 18.9 Å². The third-order valence-corrected chi connectivity index (χ3v) is 6.35. The molecule has 0 aliphatic carbocycles. The third kappa shape index (κ3) is 4.46. The second-order valence-electron chi connectivity index (χ2n) is 8.77. The molecule has 1 saturated heterocycles. The lowest BCUT2D eigenvalue weighted by molar-refractivity contribution is -0.125. The van der Waals surface area contributed by atoms with Crippen LogP contribution in [0.4, 0.5) is 5.82 Å². The van der Waals surface area contributed by atoms with Gasteiger partial charge in [-0.05, 0) is 62.9 Å². The average molecular weight is 444 g/mol. The highest BCUT2D eigenvalue weighted by Crippen LogP contribution is 2.22. The van der Waals surface area contributed by atoms with E-state index in [1.165, 1.54) is 10.9 Å². The molecule has 0 saturated carbocycles. The van der Waals surface area contributed by atoms with Gasteiger partial charge in [0.05, 0.1) is 11.6 Å². The van der Waals surface area contributed by atoms with Gasteiger partial charge in [-0.1, -0.05) is 18.2 Å². The Labute approximate surface area is 193 Å². The van der Waals surface area contributed by atoms with Crippen LogP contribution in [0.5, 0.6) is 0 Å². The number of hydrogen-bond acceptors (Lipinski definition) is 5. The quantitative estimate of drug-likeness (QED) is 0.477. The number of aromatic amines is 1. The van der Waals surface area contributed by atoms with Crippen LogP contribution < -0.4 is 10.2 Å². The van der Waals surface area contributed by atoms with E-state index in [1.54, 1.807) is 4.68 Å². The molecule has 1 atom stereocenters. The second-order valence-corrected chi connectivity index (χ2v) is 8.77. The lowest BCUT2D eigenvalue weighted by Gasteiger charge is -2.32. The fourth-order valence-corrected chi connectivity index (χ4v) is 4.66. The number of hydrogen-bond donors (Lipinski definition) is 2. The SMILES string of the molecule is Cc1cc(C)n(-c2ccc(N3CCCC(C(=O)NCCc4c[nH]c5ccccc45)C3)nn2)n1. The summed E-state index contributed by atoms with van der Waals surface area (Å²) < 4.78 is 1.80. The highest BCUT2D eigenvalue weighted by molar-refractivity contribution is 5.83. The van der Waals surface area contributed by atoms with Gasteiger partial charge in [0.1, 0.15) is 0 Å². The van der Waals surface area contributed by atoms with E-state index >= 15 is 0 Å². The molecule has 5 rings (SSSR count). The summed E-state index contributed by atoms with van der Waals surface area (Å²) in [7, 11) is 0. The molecule has 4 aromatic rings. The number of amides is 1. The Morgan fingerprint density at radius 2 is 1.97 bits per heavy atom. The fraction of sp³-hybridized carbons (Fsp3) is 0.360. The number of carbonyl (C=O) groups is 1. The molecule has 0 bridgehead atoms. The normalized spacial score (nSPS) is 16.3. The van der Waals surface area contributed by atoms with E-state index in [1.807, 2.05) is 50.4 Å². The van der Waals surface area contributed by atoms with Gasteiger partial charge in [-0.25, -0.2) is 4.68 Å². The van der Waals surface area contributed by atoms with Crippen LogP contribution in [-0.4, -0.2) is 50.5 Å². The summed E-state index contributed by atoms with van der Waals surface area (Å²) in [5.41, 5.74) is 4.34. The number of para-hydroxylation sites is 1. The van der Waals surface area contributed by atoms with Gasteiger partial charge in [-0.2, -0.15) is 5.10 Å². The van der Waals surface area contributed by atoms with Crippen LogP contribution in [-0.2, 0) is 11.2 Å². The monoisotopic (exact) mass is 443 g/mol. The Bertz CT molecular complexity index is 1260. The molecule has 33 heavy (non-hydrogen) atoms. The van der Waals surface area contributed by atoms with Gasteiger partial charge in [0, 0.05) is 42.4 Å². The van der Waals surface area contributed by atoms with Crippen molar-refractivity contribution in [2.24, 2.45) is 5.92 Å². The number of aryl methyl sites for hydroxylation is 2. The van der Waals surface area contributed by atoms with Crippen LogP contribution in [0.15, 0.2) is 48.7 Å². The van der Waals surface area contributed by atoms with E-state index < -0.39 is 0 Å². The number of anilines is 1. The van der Waals surface area contributed by atoms with Crippen molar-refractivity contribution in [2.45, 2.75) is 33.1 Å². The molecule has 8 heteroatoms. The van der Waals surface area contributed by atoms with E-state index in [2.05, 4.69) is 42.6 Å². The van der Waals surface area contributed by atoms with E-state index in [-0.39, 0.29) is 11.8 Å². The average Bonchev–Trinajstić information content (AvgIpc) is 3.41. The molecule has 8 nitrogen and oxygen atoms in total. The van der Waals surface area contributed by atoms with Crippen LogP contribution in [0.2, 0.25) is 0 Å². The number of aromatic nitrogens is 5. The van der Waals surface area contributed by atoms with Gasteiger partial charge in [-0.3, -0.25) is 4.79 Å². The summed E-state index contributed by atoms with van der Waals surface area (Å²) in [5.74, 6) is 1.58. The zero-order valence-corrected chi connectivity index (χ0v) is 19.1. The molecule has 2 N–H and O–H groups in total. The Kier molecular flexibility index (Phi) is 5.81. The molecular weight excluding hydrogens is 414 g/mol. The summed E-state index contributed by atoms with van der Waals surface area (Å²) in [6, 6.07) is 14.2. The lowest BCUT2D eigenvalue weighted by Crippen LogP contribution is -2.43. The van der Waals surface area contributed by atoms with Crippen LogP contribution >= 0.6 is 0 Å². The number of nitrogens with one attached hydrogen (secondary N) is 2. The minimum Gasteiger partial charge on any atom is -0.361 e. The molecule has 1 aromatic carbocycles. The first-order chi connectivity index (χ1) is 16.1. The van der Waals surface area contributed by atoms with Gasteiger partial charge in [0.15, 0.2) is 11.6 Å². The van der Waals surface area contributed by atoms with Crippen LogP contribution in [0.25, 0.3) is 16.7 Å². The maximum Gasteiger partial charge on any atom is 0.224 e. The van der Waals surface area contributed by atoms with Crippen molar-refractivity contribution in [2.75, 3.05) is 24.5 Å². The van der Waals surface area contributed by atoms with Gasteiger partial charge in [0.2, 0.25) is 5.91 Å². The maximum atomic E-state index is 12.9. The van der Waals surface area contributed by atoms with Crippen LogP contribution in [0.1, 0.15) is 29.8 Å². The first kappa shape index (κ1) is 21.2. The highest BCUT2D eigenvalue weighted by atomic mass is 16.1. The first-order valence-corrected chi connectivity index (χ1v) is 11.5. The summed E-state index contributed by atoms with van der Waals surface area (Å²) in [4.78, 5) is 18.3. The van der Waals surface area contributed by atoms with Crippen LogP contribution in [0.3, 0.4) is 0 Å². The summed E-state index contributed by atoms with van der Waals surface area (Å²) in [6.07, 6.45) is 4.70. The number of nitrogens with zero attached hydrogens (tertiary/aromatic N) is 5. The van der Waals surface area contributed by atoms with Crippen molar-refractivity contribution in [1.82, 2.24) is 30.3 Å². The molecule has 4 heterocycles. The Morgan fingerprint density at radius 1 is 1.15 bits per heavy atom. The van der Waals surface area contributed by atoms with Crippen molar-refractivity contribution in [3.05, 3.63) is 65.6 Å². The van der Waals surface area contributed by atoms with E-state index in [9.17, 15) is 4.79 Å². The standard InChI is InChI=1S/C25H29N7O/c1-17-14-18(2)32(30-17)24-10-9-23(28-29-24)31-13-5-6-20(16-31)25(33)26-12-11-19-15-27-22-8-4-3-7-21(19)22/h3-4,7-10,14-15,20,27H,5-6,11-13,16H2,1-2H3,(H,26,33).